The molecule has 0 aromatic heterocycles. The second kappa shape index (κ2) is 8.02. The van der Waals surface area contributed by atoms with Crippen LogP contribution in [-0.2, 0) is 11.2 Å². The Morgan fingerprint density at radius 2 is 1.70 bits per heavy atom. The summed E-state index contributed by atoms with van der Waals surface area (Å²) in [5.74, 6) is 0.651. The first kappa shape index (κ1) is 17.4. The number of ether oxygens (including phenoxy) is 1. The van der Waals surface area contributed by atoms with E-state index < -0.39 is 0 Å². The molecule has 0 atom stereocenters. The largest absolute Gasteiger partial charge is 0.483 e. The molecule has 2 aromatic carbocycles. The molecule has 0 unspecified atom stereocenters. The van der Waals surface area contributed by atoms with Crippen molar-refractivity contribution in [3.05, 3.63) is 63.7 Å². The number of aryl methyl sites for hydroxylation is 3. The molecular weight excluding hydrogens is 310 g/mol. The van der Waals surface area contributed by atoms with E-state index in [4.69, 9.17) is 16.3 Å². The summed E-state index contributed by atoms with van der Waals surface area (Å²) in [6.07, 6.45) is 0.769. The highest BCUT2D eigenvalue weighted by Gasteiger charge is 2.06. The Bertz CT molecular complexity index is 681. The van der Waals surface area contributed by atoms with Crippen LogP contribution in [0.1, 0.15) is 22.3 Å². The van der Waals surface area contributed by atoms with Gasteiger partial charge in [-0.2, -0.15) is 0 Å². The first-order valence-electron chi connectivity index (χ1n) is 7.67. The van der Waals surface area contributed by atoms with Gasteiger partial charge in [-0.15, -0.1) is 0 Å². The average molecular weight is 332 g/mol. The number of carbonyl (C=O) groups excluding carboxylic acids is 1. The molecule has 2 aromatic rings. The predicted octanol–water partition coefficient (Wildman–Crippen LogP) is 4.00. The van der Waals surface area contributed by atoms with E-state index in [0.717, 1.165) is 33.9 Å². The van der Waals surface area contributed by atoms with Crippen molar-refractivity contribution in [3.8, 4) is 5.75 Å². The Labute approximate surface area is 142 Å². The van der Waals surface area contributed by atoms with Crippen LogP contribution in [0.25, 0.3) is 0 Å². The van der Waals surface area contributed by atoms with Gasteiger partial charge in [0.1, 0.15) is 5.75 Å². The summed E-state index contributed by atoms with van der Waals surface area (Å²) >= 11 is 5.84. The molecule has 3 nitrogen and oxygen atoms in total. The lowest BCUT2D eigenvalue weighted by Gasteiger charge is -2.12. The van der Waals surface area contributed by atoms with Crippen LogP contribution in [0, 0.1) is 20.8 Å². The Kier molecular flexibility index (Phi) is 6.05. The van der Waals surface area contributed by atoms with E-state index in [9.17, 15) is 4.79 Å². The third-order valence-electron chi connectivity index (χ3n) is 3.80. The Balaban J connectivity index is 1.77. The van der Waals surface area contributed by atoms with Crippen LogP contribution >= 0.6 is 11.6 Å². The van der Waals surface area contributed by atoms with Crippen molar-refractivity contribution in [2.45, 2.75) is 27.2 Å². The van der Waals surface area contributed by atoms with E-state index in [1.165, 1.54) is 5.56 Å². The number of halogens is 1. The van der Waals surface area contributed by atoms with Crippen LogP contribution in [0.15, 0.2) is 36.4 Å². The summed E-state index contributed by atoms with van der Waals surface area (Å²) in [4.78, 5) is 11.9. The van der Waals surface area contributed by atoms with E-state index in [2.05, 4.69) is 18.3 Å². The molecule has 122 valence electrons. The van der Waals surface area contributed by atoms with E-state index >= 15 is 0 Å². The Morgan fingerprint density at radius 1 is 1.04 bits per heavy atom. The highest BCUT2D eigenvalue weighted by Crippen LogP contribution is 2.22. The summed E-state index contributed by atoms with van der Waals surface area (Å²) < 4.78 is 5.62. The van der Waals surface area contributed by atoms with Crippen molar-refractivity contribution in [2.75, 3.05) is 13.2 Å². The normalized spacial score (nSPS) is 10.4. The molecule has 0 saturated carbocycles. The van der Waals surface area contributed by atoms with Crippen molar-refractivity contribution in [1.29, 1.82) is 0 Å². The van der Waals surface area contributed by atoms with Crippen molar-refractivity contribution >= 4 is 17.5 Å². The predicted molar refractivity (Wildman–Crippen MR) is 94.3 cm³/mol. The van der Waals surface area contributed by atoms with Gasteiger partial charge in [0.25, 0.3) is 5.91 Å². The fourth-order valence-electron chi connectivity index (χ4n) is 2.28. The number of nitrogens with one attached hydrogen (secondary N) is 1. The fourth-order valence-corrected chi connectivity index (χ4v) is 2.41. The number of benzene rings is 2. The lowest BCUT2D eigenvalue weighted by atomic mass is 10.1. The molecule has 0 bridgehead atoms. The lowest BCUT2D eigenvalue weighted by Crippen LogP contribution is -2.30. The zero-order valence-corrected chi connectivity index (χ0v) is 14.5. The van der Waals surface area contributed by atoms with Gasteiger partial charge in [0.05, 0.1) is 0 Å². The molecule has 1 amide bonds. The van der Waals surface area contributed by atoms with Crippen LogP contribution in [0.5, 0.6) is 5.75 Å². The van der Waals surface area contributed by atoms with Crippen LogP contribution in [0.3, 0.4) is 0 Å². The van der Waals surface area contributed by atoms with Gasteiger partial charge in [-0.3, -0.25) is 4.79 Å². The molecule has 1 N–H and O–H groups in total. The van der Waals surface area contributed by atoms with Gasteiger partial charge in [0.2, 0.25) is 0 Å². The van der Waals surface area contributed by atoms with Gasteiger partial charge in [0, 0.05) is 11.6 Å². The SMILES string of the molecule is Cc1cc(C)c(OCC(=O)NCCc2ccc(Cl)cc2)cc1C. The molecule has 0 aliphatic rings. The molecule has 4 heteroatoms. The van der Waals surface area contributed by atoms with Crippen molar-refractivity contribution in [3.63, 3.8) is 0 Å². The van der Waals surface area contributed by atoms with Crippen LogP contribution in [0.2, 0.25) is 5.02 Å². The van der Waals surface area contributed by atoms with Crippen molar-refractivity contribution in [1.82, 2.24) is 5.32 Å². The topological polar surface area (TPSA) is 38.3 Å². The molecule has 0 spiro atoms. The summed E-state index contributed by atoms with van der Waals surface area (Å²) in [5, 5.41) is 3.58. The van der Waals surface area contributed by atoms with Crippen molar-refractivity contribution < 1.29 is 9.53 Å². The quantitative estimate of drug-likeness (QED) is 0.868. The van der Waals surface area contributed by atoms with Gasteiger partial charge in [0.15, 0.2) is 6.61 Å². The smallest absolute Gasteiger partial charge is 0.257 e. The summed E-state index contributed by atoms with van der Waals surface area (Å²) in [6.45, 7) is 6.70. The highest BCUT2D eigenvalue weighted by molar-refractivity contribution is 6.30. The number of amides is 1. The van der Waals surface area contributed by atoms with Crippen LogP contribution < -0.4 is 10.1 Å². The summed E-state index contributed by atoms with van der Waals surface area (Å²) in [6, 6.07) is 11.7. The molecule has 0 heterocycles. The van der Waals surface area contributed by atoms with Crippen LogP contribution in [-0.4, -0.2) is 19.1 Å². The molecule has 0 aliphatic heterocycles. The second-order valence-corrected chi connectivity index (χ2v) is 6.15. The fraction of sp³-hybridized carbons (Fsp3) is 0.316. The van der Waals surface area contributed by atoms with Gasteiger partial charge in [-0.05, 0) is 67.6 Å². The zero-order chi connectivity index (χ0) is 16.8. The van der Waals surface area contributed by atoms with Gasteiger partial charge < -0.3 is 10.1 Å². The molecule has 0 radical (unpaired) electrons. The summed E-state index contributed by atoms with van der Waals surface area (Å²) in [7, 11) is 0. The maximum Gasteiger partial charge on any atom is 0.257 e. The molecule has 0 aliphatic carbocycles. The van der Waals surface area contributed by atoms with Gasteiger partial charge in [-0.25, -0.2) is 0 Å². The maximum atomic E-state index is 11.9. The molecular formula is C19H22ClNO2. The molecule has 2 rings (SSSR count). The third kappa shape index (κ3) is 5.29. The Hall–Kier alpha value is -2.00. The second-order valence-electron chi connectivity index (χ2n) is 5.72. The standard InChI is InChI=1S/C19H22ClNO2/c1-13-10-15(3)18(11-14(13)2)23-12-19(22)21-9-8-16-4-6-17(20)7-5-16/h4-7,10-11H,8-9,12H2,1-3H3,(H,21,22). The number of hydrogen-bond donors (Lipinski definition) is 1. The molecule has 0 saturated heterocycles. The summed E-state index contributed by atoms with van der Waals surface area (Å²) in [5.41, 5.74) is 4.57. The minimum Gasteiger partial charge on any atom is -0.483 e. The Morgan fingerprint density at radius 3 is 2.39 bits per heavy atom. The van der Waals surface area contributed by atoms with Crippen LogP contribution in [0.4, 0.5) is 0 Å². The lowest BCUT2D eigenvalue weighted by molar-refractivity contribution is -0.123. The number of carbonyl (C=O) groups is 1. The van der Waals surface area contributed by atoms with E-state index in [-0.39, 0.29) is 12.5 Å². The highest BCUT2D eigenvalue weighted by atomic mass is 35.5. The van der Waals surface area contributed by atoms with Gasteiger partial charge >= 0.3 is 0 Å². The minimum atomic E-state index is -0.114. The molecule has 23 heavy (non-hydrogen) atoms. The van der Waals surface area contributed by atoms with E-state index in [0.29, 0.717) is 6.54 Å². The maximum absolute atomic E-state index is 11.9. The van der Waals surface area contributed by atoms with Gasteiger partial charge in [-0.1, -0.05) is 29.8 Å². The first-order chi connectivity index (χ1) is 11.0. The number of hydrogen-bond acceptors (Lipinski definition) is 2. The first-order valence-corrected chi connectivity index (χ1v) is 8.05. The zero-order valence-electron chi connectivity index (χ0n) is 13.8. The monoisotopic (exact) mass is 331 g/mol. The third-order valence-corrected chi connectivity index (χ3v) is 4.05. The van der Waals surface area contributed by atoms with E-state index in [1.807, 2.05) is 44.2 Å². The number of rotatable bonds is 6. The average Bonchev–Trinajstić information content (AvgIpc) is 2.51. The molecule has 0 fully saturated rings. The minimum absolute atomic E-state index is 0.0317. The van der Waals surface area contributed by atoms with E-state index in [1.54, 1.807) is 0 Å². The van der Waals surface area contributed by atoms with Crippen molar-refractivity contribution in [2.24, 2.45) is 0 Å².